The fourth-order valence-corrected chi connectivity index (χ4v) is 4.74. The van der Waals surface area contributed by atoms with Gasteiger partial charge >= 0.3 is 0 Å². The fraction of sp³-hybridized carbons (Fsp3) is 0.591. The lowest BCUT2D eigenvalue weighted by Crippen LogP contribution is -2.42. The molecule has 2 aromatic heterocycles. The quantitative estimate of drug-likeness (QED) is 0.620. The van der Waals surface area contributed by atoms with Crippen molar-refractivity contribution in [2.24, 2.45) is 5.41 Å². The molecule has 3 nitrogen and oxygen atoms in total. The Morgan fingerprint density at radius 3 is 2.74 bits per heavy atom. The van der Waals surface area contributed by atoms with Crippen LogP contribution in [-0.2, 0) is 16.7 Å². The monoisotopic (exact) mass is 390 g/mol. The average molecular weight is 391 g/mol. The highest BCUT2D eigenvalue weighted by Gasteiger charge is 2.43. The Hall–Kier alpha value is -1.30. The van der Waals surface area contributed by atoms with Crippen molar-refractivity contribution in [3.63, 3.8) is 0 Å². The van der Waals surface area contributed by atoms with Crippen LogP contribution in [-0.4, -0.2) is 36.2 Å². The van der Waals surface area contributed by atoms with Gasteiger partial charge in [-0.25, -0.2) is 0 Å². The van der Waals surface area contributed by atoms with Gasteiger partial charge in [0.2, 0.25) is 0 Å². The summed E-state index contributed by atoms with van der Waals surface area (Å²) in [5.41, 5.74) is 2.36. The Morgan fingerprint density at radius 2 is 2.11 bits per heavy atom. The predicted molar refractivity (Wildman–Crippen MR) is 110 cm³/mol. The molecule has 1 atom stereocenters. The van der Waals surface area contributed by atoms with Crippen LogP contribution in [0, 0.1) is 17.5 Å². The van der Waals surface area contributed by atoms with E-state index in [1.165, 1.54) is 16.9 Å². The lowest BCUT2D eigenvalue weighted by Gasteiger charge is -2.38. The van der Waals surface area contributed by atoms with Crippen LogP contribution in [0.15, 0.2) is 30.5 Å². The van der Waals surface area contributed by atoms with E-state index >= 15 is 0 Å². The van der Waals surface area contributed by atoms with Crippen LogP contribution >= 0.6 is 11.3 Å². The molecule has 0 bridgehead atoms. The standard InChI is InChI=1S/C22H31FN2OS/c1-5-26-16-22(11-10-19-8-9-20(23)27-19)12-13-25(15-22)21(3,4)18-7-6-17(2)24-14-18/h6-9,14H,5,10-13,15-16H2,1-4H3/t22-/m1/s1. The van der Waals surface area contributed by atoms with Crippen LogP contribution in [0.5, 0.6) is 0 Å². The summed E-state index contributed by atoms with van der Waals surface area (Å²) >= 11 is 1.27. The van der Waals surface area contributed by atoms with Gasteiger partial charge in [0.1, 0.15) is 0 Å². The second kappa shape index (κ2) is 8.38. The molecule has 0 saturated carbocycles. The van der Waals surface area contributed by atoms with Gasteiger partial charge in [0.25, 0.3) is 0 Å². The zero-order chi connectivity index (χ0) is 19.5. The SMILES string of the molecule is CCOC[C@]1(CCc2ccc(F)s2)CCN(C(C)(C)c2ccc(C)nc2)C1. The molecule has 0 N–H and O–H groups in total. The Morgan fingerprint density at radius 1 is 1.30 bits per heavy atom. The van der Waals surface area contributed by atoms with E-state index in [-0.39, 0.29) is 16.1 Å². The summed E-state index contributed by atoms with van der Waals surface area (Å²) in [6.07, 6.45) is 5.07. The number of halogens is 1. The molecule has 0 amide bonds. The highest BCUT2D eigenvalue weighted by Crippen LogP contribution is 2.42. The summed E-state index contributed by atoms with van der Waals surface area (Å²) in [6.45, 7) is 12.2. The third-order valence-corrected chi connectivity index (χ3v) is 6.92. The summed E-state index contributed by atoms with van der Waals surface area (Å²) in [5, 5.41) is -0.0927. The van der Waals surface area contributed by atoms with E-state index in [9.17, 15) is 4.39 Å². The summed E-state index contributed by atoms with van der Waals surface area (Å²) in [6, 6.07) is 7.78. The molecule has 3 rings (SSSR count). The van der Waals surface area contributed by atoms with Gasteiger partial charge in [-0.05, 0) is 77.3 Å². The molecule has 1 fully saturated rings. The average Bonchev–Trinajstić information content (AvgIpc) is 3.26. The molecule has 2 aromatic rings. The smallest absolute Gasteiger partial charge is 0.176 e. The normalized spacial score (nSPS) is 21.1. The summed E-state index contributed by atoms with van der Waals surface area (Å²) in [5.74, 6) is 0. The van der Waals surface area contributed by atoms with Crippen molar-refractivity contribution < 1.29 is 9.13 Å². The number of thiophene rings is 1. The number of pyridine rings is 1. The van der Waals surface area contributed by atoms with Gasteiger partial charge < -0.3 is 4.74 Å². The van der Waals surface area contributed by atoms with Gasteiger partial charge in [-0.3, -0.25) is 9.88 Å². The first kappa shape index (κ1) is 20.4. The molecular formula is C22H31FN2OS. The minimum absolute atomic E-state index is 0.0658. The maximum Gasteiger partial charge on any atom is 0.176 e. The second-order valence-electron chi connectivity index (χ2n) is 8.26. The van der Waals surface area contributed by atoms with Crippen LogP contribution < -0.4 is 0 Å². The van der Waals surface area contributed by atoms with Crippen molar-refractivity contribution in [1.82, 2.24) is 9.88 Å². The third-order valence-electron chi connectivity index (χ3n) is 5.99. The molecule has 1 saturated heterocycles. The molecular weight excluding hydrogens is 359 g/mol. The second-order valence-corrected chi connectivity index (χ2v) is 9.38. The predicted octanol–water partition coefficient (Wildman–Crippen LogP) is 5.19. The number of nitrogens with zero attached hydrogens (tertiary/aromatic N) is 2. The summed E-state index contributed by atoms with van der Waals surface area (Å²) in [7, 11) is 0. The van der Waals surface area contributed by atoms with Crippen molar-refractivity contribution >= 4 is 11.3 Å². The molecule has 0 unspecified atom stereocenters. The molecule has 5 heteroatoms. The van der Waals surface area contributed by atoms with Crippen LogP contribution in [0.25, 0.3) is 0 Å². The number of likely N-dealkylation sites (tertiary alicyclic amines) is 1. The molecule has 0 aromatic carbocycles. The van der Waals surface area contributed by atoms with Crippen LogP contribution in [0.4, 0.5) is 4.39 Å². The van der Waals surface area contributed by atoms with Gasteiger partial charge in [0.15, 0.2) is 5.13 Å². The minimum atomic E-state index is -0.0927. The van der Waals surface area contributed by atoms with Gasteiger partial charge in [0.05, 0.1) is 6.61 Å². The van der Waals surface area contributed by atoms with Crippen LogP contribution in [0.2, 0.25) is 0 Å². The summed E-state index contributed by atoms with van der Waals surface area (Å²) < 4.78 is 19.2. The van der Waals surface area contributed by atoms with Gasteiger partial charge in [-0.15, -0.1) is 11.3 Å². The number of hydrogen-bond donors (Lipinski definition) is 0. The van der Waals surface area contributed by atoms with E-state index < -0.39 is 0 Å². The van der Waals surface area contributed by atoms with Gasteiger partial charge in [-0.2, -0.15) is 4.39 Å². The molecule has 0 spiro atoms. The first-order chi connectivity index (χ1) is 12.8. The van der Waals surface area contributed by atoms with E-state index in [2.05, 4.69) is 42.8 Å². The van der Waals surface area contributed by atoms with E-state index in [1.54, 1.807) is 6.07 Å². The maximum atomic E-state index is 13.3. The van der Waals surface area contributed by atoms with Crippen molar-refractivity contribution in [2.45, 2.75) is 52.5 Å². The summed E-state index contributed by atoms with van der Waals surface area (Å²) in [4.78, 5) is 8.19. The van der Waals surface area contributed by atoms with E-state index in [0.717, 1.165) is 56.1 Å². The fourth-order valence-electron chi connectivity index (χ4n) is 4.01. The number of rotatable bonds is 8. The van der Waals surface area contributed by atoms with Crippen molar-refractivity contribution in [1.29, 1.82) is 0 Å². The number of aromatic nitrogens is 1. The molecule has 1 aliphatic heterocycles. The van der Waals surface area contributed by atoms with Crippen molar-refractivity contribution in [3.05, 3.63) is 51.7 Å². The first-order valence-electron chi connectivity index (χ1n) is 9.85. The lowest BCUT2D eigenvalue weighted by atomic mass is 9.82. The number of ether oxygens (including phenoxy) is 1. The lowest BCUT2D eigenvalue weighted by molar-refractivity contribution is 0.0386. The van der Waals surface area contributed by atoms with E-state index in [0.29, 0.717) is 0 Å². The zero-order valence-electron chi connectivity index (χ0n) is 16.9. The van der Waals surface area contributed by atoms with Crippen molar-refractivity contribution in [3.8, 4) is 0 Å². The highest BCUT2D eigenvalue weighted by molar-refractivity contribution is 7.10. The zero-order valence-corrected chi connectivity index (χ0v) is 17.7. The minimum Gasteiger partial charge on any atom is -0.381 e. The molecule has 0 aliphatic carbocycles. The molecule has 0 radical (unpaired) electrons. The van der Waals surface area contributed by atoms with Crippen molar-refractivity contribution in [2.75, 3.05) is 26.3 Å². The van der Waals surface area contributed by atoms with Gasteiger partial charge in [0, 0.05) is 40.9 Å². The first-order valence-corrected chi connectivity index (χ1v) is 10.7. The molecule has 1 aliphatic rings. The highest BCUT2D eigenvalue weighted by atomic mass is 32.1. The third kappa shape index (κ3) is 4.76. The Balaban J connectivity index is 1.73. The van der Waals surface area contributed by atoms with Gasteiger partial charge in [-0.1, -0.05) is 6.07 Å². The number of hydrogen-bond acceptors (Lipinski definition) is 4. The number of aryl methyl sites for hydroxylation is 2. The van der Waals surface area contributed by atoms with Crippen LogP contribution in [0.1, 0.15) is 49.7 Å². The topological polar surface area (TPSA) is 25.4 Å². The maximum absolute atomic E-state index is 13.3. The largest absolute Gasteiger partial charge is 0.381 e. The molecule has 3 heterocycles. The van der Waals surface area contributed by atoms with E-state index in [1.807, 2.05) is 19.2 Å². The Kier molecular flexibility index (Phi) is 6.34. The van der Waals surface area contributed by atoms with Crippen LogP contribution in [0.3, 0.4) is 0 Å². The molecule has 148 valence electrons. The van der Waals surface area contributed by atoms with E-state index in [4.69, 9.17) is 4.74 Å². The Bertz CT molecular complexity index is 743. The molecule has 27 heavy (non-hydrogen) atoms. The Labute approximate surface area is 166 Å².